The van der Waals surface area contributed by atoms with E-state index in [9.17, 15) is 9.59 Å². The smallest absolute Gasteiger partial charge is 0.263 e. The Morgan fingerprint density at radius 1 is 1.30 bits per heavy atom. The van der Waals surface area contributed by atoms with Gasteiger partial charge in [0, 0.05) is 26.5 Å². The minimum Gasteiger partial charge on any atom is -0.324 e. The molecule has 1 amide bonds. The van der Waals surface area contributed by atoms with Crippen LogP contribution in [0.1, 0.15) is 5.56 Å². The van der Waals surface area contributed by atoms with Crippen molar-refractivity contribution < 1.29 is 4.79 Å². The average molecular weight is 416 g/mol. The van der Waals surface area contributed by atoms with Crippen molar-refractivity contribution in [1.82, 2.24) is 9.55 Å². The molecule has 0 atom stereocenters. The summed E-state index contributed by atoms with van der Waals surface area (Å²) in [7, 11) is 0. The molecule has 4 aromatic rings. The van der Waals surface area contributed by atoms with Gasteiger partial charge in [0.15, 0.2) is 0 Å². The zero-order chi connectivity index (χ0) is 19.0. The van der Waals surface area contributed by atoms with E-state index in [1.165, 1.54) is 22.2 Å². The average Bonchev–Trinajstić information content (AvgIpc) is 3.29. The predicted octanol–water partition coefficient (Wildman–Crippen LogP) is 4.79. The maximum atomic E-state index is 12.9. The summed E-state index contributed by atoms with van der Waals surface area (Å²) in [5, 5.41) is 7.88. The van der Waals surface area contributed by atoms with E-state index < -0.39 is 0 Å². The van der Waals surface area contributed by atoms with Gasteiger partial charge in [0.05, 0.1) is 11.7 Å². The molecule has 0 aliphatic rings. The molecule has 4 rings (SSSR count). The fourth-order valence-corrected chi connectivity index (χ4v) is 4.75. The molecule has 8 heteroatoms. The Labute approximate surface area is 167 Å². The van der Waals surface area contributed by atoms with Crippen LogP contribution in [0.15, 0.2) is 52.2 Å². The summed E-state index contributed by atoms with van der Waals surface area (Å²) in [6.45, 7) is 1.75. The van der Waals surface area contributed by atoms with Crippen molar-refractivity contribution in [2.24, 2.45) is 0 Å². The number of carbonyl (C=O) groups excluding carboxylic acids is 1. The van der Waals surface area contributed by atoms with Crippen molar-refractivity contribution in [3.05, 3.63) is 68.4 Å². The lowest BCUT2D eigenvalue weighted by atomic mass is 10.2. The fraction of sp³-hybridized carbons (Fsp3) is 0.105. The number of carbonyl (C=O) groups is 1. The number of rotatable bonds is 4. The molecule has 1 N–H and O–H groups in total. The number of aryl methyl sites for hydroxylation is 1. The quantitative estimate of drug-likeness (QED) is 0.521. The SMILES string of the molecule is Cc1cc(Cl)ccc1NC(=O)Cn1cnc2scc(-c3cccs3)c2c1=O. The molecule has 0 fully saturated rings. The highest BCUT2D eigenvalue weighted by Crippen LogP contribution is 2.33. The van der Waals surface area contributed by atoms with Crippen LogP contribution in [0.2, 0.25) is 5.02 Å². The lowest BCUT2D eigenvalue weighted by Gasteiger charge is -2.10. The second-order valence-corrected chi connectivity index (χ2v) is 8.23. The van der Waals surface area contributed by atoms with Crippen LogP contribution in [0.3, 0.4) is 0 Å². The summed E-state index contributed by atoms with van der Waals surface area (Å²) in [4.78, 5) is 31.4. The van der Waals surface area contributed by atoms with E-state index in [1.807, 2.05) is 29.8 Å². The predicted molar refractivity (Wildman–Crippen MR) is 112 cm³/mol. The van der Waals surface area contributed by atoms with Crippen LogP contribution in [-0.4, -0.2) is 15.5 Å². The Morgan fingerprint density at radius 3 is 2.89 bits per heavy atom. The van der Waals surface area contributed by atoms with Crippen LogP contribution >= 0.6 is 34.3 Å². The lowest BCUT2D eigenvalue weighted by molar-refractivity contribution is -0.116. The third kappa shape index (κ3) is 3.53. The van der Waals surface area contributed by atoms with Gasteiger partial charge in [0.1, 0.15) is 11.4 Å². The monoisotopic (exact) mass is 415 g/mol. The van der Waals surface area contributed by atoms with E-state index in [-0.39, 0.29) is 18.0 Å². The van der Waals surface area contributed by atoms with Gasteiger partial charge < -0.3 is 5.32 Å². The zero-order valence-electron chi connectivity index (χ0n) is 14.2. The largest absolute Gasteiger partial charge is 0.324 e. The summed E-state index contributed by atoms with van der Waals surface area (Å²) < 4.78 is 1.34. The van der Waals surface area contributed by atoms with E-state index in [4.69, 9.17) is 11.6 Å². The number of nitrogens with zero attached hydrogens (tertiary/aromatic N) is 2. The van der Waals surface area contributed by atoms with E-state index in [0.29, 0.717) is 20.9 Å². The van der Waals surface area contributed by atoms with Crippen molar-refractivity contribution in [3.63, 3.8) is 0 Å². The van der Waals surface area contributed by atoms with Crippen LogP contribution in [0.25, 0.3) is 20.7 Å². The van der Waals surface area contributed by atoms with E-state index in [0.717, 1.165) is 16.0 Å². The number of benzene rings is 1. The van der Waals surface area contributed by atoms with Crippen molar-refractivity contribution in [2.45, 2.75) is 13.5 Å². The Balaban J connectivity index is 1.64. The molecule has 27 heavy (non-hydrogen) atoms. The van der Waals surface area contributed by atoms with Gasteiger partial charge in [-0.15, -0.1) is 22.7 Å². The standard InChI is InChI=1S/C19H14ClN3O2S2/c1-11-7-12(20)4-5-14(11)22-16(24)8-23-10-21-18-17(19(23)25)13(9-27-18)15-3-2-6-26-15/h2-7,9-10H,8H2,1H3,(H,22,24). The molecule has 0 saturated heterocycles. The number of amides is 1. The first-order chi connectivity index (χ1) is 13.0. The number of fused-ring (bicyclic) bond motifs is 1. The number of anilines is 1. The maximum absolute atomic E-state index is 12.9. The highest BCUT2D eigenvalue weighted by molar-refractivity contribution is 7.18. The third-order valence-corrected chi connectivity index (χ3v) is 6.15. The number of nitrogens with one attached hydrogen (secondary N) is 1. The highest BCUT2D eigenvalue weighted by atomic mass is 35.5. The Bertz CT molecular complexity index is 1200. The summed E-state index contributed by atoms with van der Waals surface area (Å²) in [5.41, 5.74) is 2.18. The summed E-state index contributed by atoms with van der Waals surface area (Å²) in [5.74, 6) is -0.295. The van der Waals surface area contributed by atoms with Crippen LogP contribution in [-0.2, 0) is 11.3 Å². The number of halogens is 1. The molecule has 1 aromatic carbocycles. The lowest BCUT2D eigenvalue weighted by Crippen LogP contribution is -2.28. The summed E-state index contributed by atoms with van der Waals surface area (Å²) in [6, 6.07) is 9.14. The molecule has 0 spiro atoms. The molecule has 0 aliphatic heterocycles. The van der Waals surface area contributed by atoms with Gasteiger partial charge >= 0.3 is 0 Å². The van der Waals surface area contributed by atoms with Gasteiger partial charge in [-0.1, -0.05) is 17.7 Å². The first-order valence-corrected chi connectivity index (χ1v) is 10.2. The molecule has 0 radical (unpaired) electrons. The van der Waals surface area contributed by atoms with Gasteiger partial charge in [0.25, 0.3) is 5.56 Å². The van der Waals surface area contributed by atoms with Gasteiger partial charge in [-0.25, -0.2) is 4.98 Å². The Kier molecular flexibility index (Phi) is 4.82. The van der Waals surface area contributed by atoms with Gasteiger partial charge in [-0.05, 0) is 42.1 Å². The van der Waals surface area contributed by atoms with Gasteiger partial charge in [0.2, 0.25) is 5.91 Å². The Hall–Kier alpha value is -2.48. The highest BCUT2D eigenvalue weighted by Gasteiger charge is 2.15. The number of hydrogen-bond acceptors (Lipinski definition) is 5. The molecule has 5 nitrogen and oxygen atoms in total. The molecule has 0 aliphatic carbocycles. The normalized spacial score (nSPS) is 11.0. The van der Waals surface area contributed by atoms with Crippen LogP contribution in [0.4, 0.5) is 5.69 Å². The first kappa shape index (κ1) is 17.9. The van der Waals surface area contributed by atoms with E-state index in [2.05, 4.69) is 10.3 Å². The van der Waals surface area contributed by atoms with E-state index >= 15 is 0 Å². The van der Waals surface area contributed by atoms with Crippen molar-refractivity contribution in [1.29, 1.82) is 0 Å². The molecular formula is C19H14ClN3O2S2. The van der Waals surface area contributed by atoms with Crippen molar-refractivity contribution in [3.8, 4) is 10.4 Å². The topological polar surface area (TPSA) is 64.0 Å². The van der Waals surface area contributed by atoms with Crippen LogP contribution < -0.4 is 10.9 Å². The zero-order valence-corrected chi connectivity index (χ0v) is 16.6. The Morgan fingerprint density at radius 2 is 2.15 bits per heavy atom. The van der Waals surface area contributed by atoms with Gasteiger partial charge in [-0.2, -0.15) is 0 Å². The first-order valence-electron chi connectivity index (χ1n) is 8.09. The molecular weight excluding hydrogens is 402 g/mol. The molecule has 136 valence electrons. The van der Waals surface area contributed by atoms with Crippen LogP contribution in [0.5, 0.6) is 0 Å². The minimum atomic E-state index is -0.295. The number of thiophene rings is 2. The molecule has 0 bridgehead atoms. The molecule has 3 heterocycles. The maximum Gasteiger partial charge on any atom is 0.263 e. The van der Waals surface area contributed by atoms with E-state index in [1.54, 1.807) is 29.5 Å². The second kappa shape index (κ2) is 7.26. The van der Waals surface area contributed by atoms with Gasteiger partial charge in [-0.3, -0.25) is 14.2 Å². The number of hydrogen-bond donors (Lipinski definition) is 1. The second-order valence-electron chi connectivity index (χ2n) is 5.99. The molecule has 0 unspecified atom stereocenters. The number of aromatic nitrogens is 2. The fourth-order valence-electron chi connectivity index (χ4n) is 2.81. The molecule has 0 saturated carbocycles. The summed E-state index contributed by atoms with van der Waals surface area (Å²) in [6.07, 6.45) is 1.42. The van der Waals surface area contributed by atoms with Crippen molar-refractivity contribution >= 4 is 56.1 Å². The van der Waals surface area contributed by atoms with Crippen LogP contribution in [0, 0.1) is 6.92 Å². The minimum absolute atomic E-state index is 0.108. The third-order valence-electron chi connectivity index (χ3n) is 4.12. The van der Waals surface area contributed by atoms with Crippen molar-refractivity contribution in [2.75, 3.05) is 5.32 Å². The summed E-state index contributed by atoms with van der Waals surface area (Å²) >= 11 is 8.94. The molecule has 3 aromatic heterocycles.